The van der Waals surface area contributed by atoms with Crippen LogP contribution in [0.15, 0.2) is 29.3 Å². The zero-order valence-electron chi connectivity index (χ0n) is 16.8. The van der Waals surface area contributed by atoms with Crippen LogP contribution in [0.5, 0.6) is 0 Å². The maximum atomic E-state index is 6.18. The van der Waals surface area contributed by atoms with Crippen molar-refractivity contribution >= 4 is 41.5 Å². The Balaban J connectivity index is 0.00000261. The molecule has 2 fully saturated rings. The van der Waals surface area contributed by atoms with E-state index in [1.807, 2.05) is 13.1 Å². The summed E-state index contributed by atoms with van der Waals surface area (Å²) < 4.78 is 0. The molecule has 1 aliphatic carbocycles. The third-order valence-electron chi connectivity index (χ3n) is 5.66. The van der Waals surface area contributed by atoms with Gasteiger partial charge in [0, 0.05) is 49.7 Å². The molecule has 0 radical (unpaired) electrons. The van der Waals surface area contributed by atoms with Crippen molar-refractivity contribution in [1.82, 2.24) is 15.5 Å². The van der Waals surface area contributed by atoms with E-state index in [4.69, 9.17) is 11.6 Å². The topological polar surface area (TPSA) is 39.7 Å². The molecule has 1 aromatic carbocycles. The van der Waals surface area contributed by atoms with Crippen LogP contribution >= 0.6 is 35.6 Å². The third kappa shape index (κ3) is 6.50. The van der Waals surface area contributed by atoms with Crippen LogP contribution in [0.3, 0.4) is 0 Å². The fourth-order valence-electron chi connectivity index (χ4n) is 3.95. The average molecular weight is 505 g/mol. The number of nitrogens with one attached hydrogen (secondary N) is 2. The zero-order valence-corrected chi connectivity index (χ0v) is 19.9. The second-order valence-electron chi connectivity index (χ2n) is 8.33. The summed E-state index contributed by atoms with van der Waals surface area (Å²) in [5.41, 5.74) is 1.57. The van der Waals surface area contributed by atoms with Gasteiger partial charge >= 0.3 is 0 Å². The van der Waals surface area contributed by atoms with Crippen molar-refractivity contribution in [3.8, 4) is 0 Å². The van der Waals surface area contributed by atoms with E-state index >= 15 is 0 Å². The highest BCUT2D eigenvalue weighted by Gasteiger charge is 2.44. The number of rotatable bonds is 6. The van der Waals surface area contributed by atoms with Crippen LogP contribution < -0.4 is 10.6 Å². The monoisotopic (exact) mass is 504 g/mol. The number of hydrogen-bond acceptors (Lipinski definition) is 2. The number of piperidine rings is 1. The lowest BCUT2D eigenvalue weighted by Gasteiger charge is -2.34. The van der Waals surface area contributed by atoms with Gasteiger partial charge < -0.3 is 15.5 Å². The van der Waals surface area contributed by atoms with Gasteiger partial charge in [0.1, 0.15) is 0 Å². The Labute approximate surface area is 186 Å². The largest absolute Gasteiger partial charge is 0.356 e. The van der Waals surface area contributed by atoms with E-state index < -0.39 is 0 Å². The van der Waals surface area contributed by atoms with Crippen molar-refractivity contribution in [3.05, 3.63) is 34.9 Å². The molecule has 1 saturated heterocycles. The van der Waals surface area contributed by atoms with Crippen molar-refractivity contribution in [1.29, 1.82) is 0 Å². The van der Waals surface area contributed by atoms with Crippen molar-refractivity contribution in [2.24, 2.45) is 10.9 Å². The van der Waals surface area contributed by atoms with Gasteiger partial charge in [-0.1, -0.05) is 37.6 Å². The van der Waals surface area contributed by atoms with Gasteiger partial charge in [0.05, 0.1) is 0 Å². The third-order valence-corrected chi connectivity index (χ3v) is 5.90. The molecule has 2 aliphatic rings. The summed E-state index contributed by atoms with van der Waals surface area (Å²) in [6.45, 7) is 9.08. The Morgan fingerprint density at radius 2 is 2.00 bits per heavy atom. The summed E-state index contributed by atoms with van der Waals surface area (Å²) >= 11 is 6.18. The molecule has 4 nitrogen and oxygen atoms in total. The normalized spacial score (nSPS) is 20.3. The van der Waals surface area contributed by atoms with Crippen LogP contribution in [-0.2, 0) is 5.41 Å². The minimum atomic E-state index is 0. The minimum Gasteiger partial charge on any atom is -0.356 e. The zero-order chi connectivity index (χ0) is 18.6. The number of likely N-dealkylation sites (tertiary alicyclic amines) is 1. The molecule has 1 aliphatic heterocycles. The molecule has 3 rings (SSSR count). The number of hydrogen-bond donors (Lipinski definition) is 2. The Morgan fingerprint density at radius 1 is 1.30 bits per heavy atom. The highest BCUT2D eigenvalue weighted by atomic mass is 127. The first kappa shape index (κ1) is 22.8. The lowest BCUT2D eigenvalue weighted by Crippen LogP contribution is -2.50. The first-order chi connectivity index (χ1) is 12.5. The first-order valence-electron chi connectivity index (χ1n) is 9.96. The number of guanidine groups is 1. The second kappa shape index (κ2) is 10.3. The van der Waals surface area contributed by atoms with Crippen molar-refractivity contribution < 1.29 is 0 Å². The fraction of sp³-hybridized carbons (Fsp3) is 0.667. The van der Waals surface area contributed by atoms with E-state index in [0.29, 0.717) is 6.04 Å². The first-order valence-corrected chi connectivity index (χ1v) is 10.3. The quantitative estimate of drug-likeness (QED) is 0.345. The van der Waals surface area contributed by atoms with Crippen LogP contribution in [0.4, 0.5) is 0 Å². The minimum absolute atomic E-state index is 0. The Kier molecular flexibility index (Phi) is 8.69. The molecule has 0 spiro atoms. The number of aliphatic imine (C=N–C) groups is 1. The standard InChI is InChI=1S/C21H33ClN4.HI/c1-16(2)14-26-11-7-19(8-12-26)25-20(23-3)24-15-21(9-10-21)17-5-4-6-18(22)13-17;/h4-6,13,16,19H,7-12,14-15H2,1-3H3,(H2,23,24,25);1H. The van der Waals surface area contributed by atoms with Crippen LogP contribution in [0.2, 0.25) is 5.02 Å². The molecule has 1 saturated carbocycles. The van der Waals surface area contributed by atoms with Gasteiger partial charge in [-0.25, -0.2) is 0 Å². The molecule has 0 amide bonds. The van der Waals surface area contributed by atoms with Gasteiger partial charge in [0.15, 0.2) is 5.96 Å². The molecule has 2 N–H and O–H groups in total. The van der Waals surface area contributed by atoms with Gasteiger partial charge in [-0.15, -0.1) is 24.0 Å². The number of halogens is 2. The molecule has 0 bridgehead atoms. The highest BCUT2D eigenvalue weighted by molar-refractivity contribution is 14.0. The van der Waals surface area contributed by atoms with Crippen LogP contribution in [0.25, 0.3) is 0 Å². The SMILES string of the molecule is CN=C(NCC1(c2cccc(Cl)c2)CC1)NC1CCN(CC(C)C)CC1.I. The molecule has 0 unspecified atom stereocenters. The molecule has 1 heterocycles. The number of nitrogens with zero attached hydrogens (tertiary/aromatic N) is 2. The van der Waals surface area contributed by atoms with E-state index in [1.54, 1.807) is 0 Å². The maximum Gasteiger partial charge on any atom is 0.191 e. The van der Waals surface area contributed by atoms with Gasteiger partial charge in [-0.2, -0.15) is 0 Å². The smallest absolute Gasteiger partial charge is 0.191 e. The Bertz CT molecular complexity index is 622. The lowest BCUT2D eigenvalue weighted by molar-refractivity contribution is 0.187. The molecule has 0 atom stereocenters. The summed E-state index contributed by atoms with van der Waals surface area (Å²) in [7, 11) is 1.86. The summed E-state index contributed by atoms with van der Waals surface area (Å²) in [6.07, 6.45) is 4.80. The predicted molar refractivity (Wildman–Crippen MR) is 127 cm³/mol. The molecule has 0 aromatic heterocycles. The summed E-state index contributed by atoms with van der Waals surface area (Å²) in [5.74, 6) is 1.68. The molecule has 6 heteroatoms. The van der Waals surface area contributed by atoms with E-state index in [0.717, 1.165) is 23.4 Å². The second-order valence-corrected chi connectivity index (χ2v) is 8.77. The van der Waals surface area contributed by atoms with E-state index in [1.165, 1.54) is 50.9 Å². The molecule has 27 heavy (non-hydrogen) atoms. The lowest BCUT2D eigenvalue weighted by atomic mass is 9.96. The summed E-state index contributed by atoms with van der Waals surface area (Å²) in [5, 5.41) is 8.02. The van der Waals surface area contributed by atoms with Gasteiger partial charge in [0.2, 0.25) is 0 Å². The summed E-state index contributed by atoms with van der Waals surface area (Å²) in [4.78, 5) is 7.03. The van der Waals surface area contributed by atoms with Crippen LogP contribution in [0, 0.1) is 5.92 Å². The molecular formula is C21H34ClIN4. The van der Waals surface area contributed by atoms with Crippen LogP contribution in [0.1, 0.15) is 45.1 Å². The van der Waals surface area contributed by atoms with Crippen LogP contribution in [-0.4, -0.2) is 50.1 Å². The average Bonchev–Trinajstić information content (AvgIpc) is 3.41. The van der Waals surface area contributed by atoms with Crippen molar-refractivity contribution in [2.75, 3.05) is 33.2 Å². The molecule has 1 aromatic rings. The highest BCUT2D eigenvalue weighted by Crippen LogP contribution is 2.48. The summed E-state index contributed by atoms with van der Waals surface area (Å²) in [6, 6.07) is 8.82. The van der Waals surface area contributed by atoms with E-state index in [9.17, 15) is 0 Å². The van der Waals surface area contributed by atoms with E-state index in [2.05, 4.69) is 52.6 Å². The number of benzene rings is 1. The van der Waals surface area contributed by atoms with Crippen molar-refractivity contribution in [3.63, 3.8) is 0 Å². The molecule has 152 valence electrons. The van der Waals surface area contributed by atoms with Crippen molar-refractivity contribution in [2.45, 2.75) is 51.0 Å². The maximum absolute atomic E-state index is 6.18. The van der Waals surface area contributed by atoms with E-state index in [-0.39, 0.29) is 29.4 Å². The Morgan fingerprint density at radius 3 is 2.56 bits per heavy atom. The predicted octanol–water partition coefficient (Wildman–Crippen LogP) is 4.28. The van der Waals surface area contributed by atoms with Gasteiger partial charge in [-0.05, 0) is 49.3 Å². The molecular weight excluding hydrogens is 471 g/mol. The fourth-order valence-corrected chi connectivity index (χ4v) is 4.14. The van der Waals surface area contributed by atoms with Gasteiger partial charge in [0.25, 0.3) is 0 Å². The Hall–Kier alpha value is -0.530. The van der Waals surface area contributed by atoms with Gasteiger partial charge in [-0.3, -0.25) is 4.99 Å².